The molecule has 1 atom stereocenters. The Morgan fingerprint density at radius 3 is 2.76 bits per heavy atom. The molecule has 1 heterocycles. The van der Waals surface area contributed by atoms with E-state index in [0.717, 1.165) is 35.8 Å². The third-order valence-corrected chi connectivity index (χ3v) is 4.25. The van der Waals surface area contributed by atoms with Crippen LogP contribution in [0.3, 0.4) is 0 Å². The molecule has 0 saturated heterocycles. The largest absolute Gasteiger partial charge is 0.339 e. The predicted octanol–water partition coefficient (Wildman–Crippen LogP) is 4.05. The van der Waals surface area contributed by atoms with E-state index in [1.807, 2.05) is 24.3 Å². The van der Waals surface area contributed by atoms with Crippen LogP contribution in [0.25, 0.3) is 11.4 Å². The molecule has 0 bridgehead atoms. The molecule has 0 spiro atoms. The van der Waals surface area contributed by atoms with Crippen molar-refractivity contribution in [2.75, 3.05) is 6.54 Å². The maximum atomic E-state index is 5.67. The monoisotopic (exact) mass is 351 g/mol. The van der Waals surface area contributed by atoms with Crippen molar-refractivity contribution in [1.29, 1.82) is 0 Å². The molecule has 0 aliphatic heterocycles. The number of aryl methyl sites for hydroxylation is 1. The molecule has 0 fully saturated rings. The van der Waals surface area contributed by atoms with Gasteiger partial charge in [-0.05, 0) is 43.4 Å². The van der Waals surface area contributed by atoms with E-state index in [0.29, 0.717) is 23.6 Å². The number of rotatable bonds is 7. The zero-order chi connectivity index (χ0) is 15.2. The van der Waals surface area contributed by atoms with Crippen molar-refractivity contribution >= 4 is 15.9 Å². The molecular formula is C16H22BrN3O. The van der Waals surface area contributed by atoms with Crippen molar-refractivity contribution in [2.24, 2.45) is 17.6 Å². The van der Waals surface area contributed by atoms with Crippen molar-refractivity contribution in [3.05, 3.63) is 34.6 Å². The van der Waals surface area contributed by atoms with Crippen LogP contribution < -0.4 is 5.73 Å². The van der Waals surface area contributed by atoms with Crippen molar-refractivity contribution in [3.8, 4) is 11.4 Å². The third kappa shape index (κ3) is 4.64. The van der Waals surface area contributed by atoms with E-state index in [-0.39, 0.29) is 0 Å². The molecule has 2 aromatic rings. The van der Waals surface area contributed by atoms with Crippen LogP contribution in [0.2, 0.25) is 0 Å². The summed E-state index contributed by atoms with van der Waals surface area (Å²) in [6, 6.07) is 7.90. The van der Waals surface area contributed by atoms with Crippen LogP contribution in [0.1, 0.15) is 32.6 Å². The van der Waals surface area contributed by atoms with Gasteiger partial charge in [0.2, 0.25) is 11.7 Å². The van der Waals surface area contributed by atoms with Crippen LogP contribution in [0.5, 0.6) is 0 Å². The quantitative estimate of drug-likeness (QED) is 0.816. The number of hydrogen-bond donors (Lipinski definition) is 1. The average Bonchev–Trinajstić information content (AvgIpc) is 2.92. The summed E-state index contributed by atoms with van der Waals surface area (Å²) in [6.07, 6.45) is 2.89. The van der Waals surface area contributed by atoms with Gasteiger partial charge in [-0.1, -0.05) is 47.1 Å². The van der Waals surface area contributed by atoms with Crippen LogP contribution in [0.4, 0.5) is 0 Å². The summed E-state index contributed by atoms with van der Waals surface area (Å²) >= 11 is 3.45. The van der Waals surface area contributed by atoms with Gasteiger partial charge in [0.15, 0.2) is 0 Å². The molecule has 1 unspecified atom stereocenters. The number of hydrogen-bond acceptors (Lipinski definition) is 4. The minimum absolute atomic E-state index is 0.608. The van der Waals surface area contributed by atoms with Gasteiger partial charge < -0.3 is 10.3 Å². The lowest BCUT2D eigenvalue weighted by Gasteiger charge is -2.18. The van der Waals surface area contributed by atoms with Gasteiger partial charge >= 0.3 is 0 Å². The summed E-state index contributed by atoms with van der Waals surface area (Å²) in [7, 11) is 0. The van der Waals surface area contributed by atoms with Crippen molar-refractivity contribution in [2.45, 2.75) is 33.1 Å². The molecule has 1 aromatic heterocycles. The summed E-state index contributed by atoms with van der Waals surface area (Å²) in [5.41, 5.74) is 6.63. The van der Waals surface area contributed by atoms with E-state index in [1.54, 1.807) is 0 Å². The van der Waals surface area contributed by atoms with Gasteiger partial charge in [-0.25, -0.2) is 0 Å². The second-order valence-corrected chi connectivity index (χ2v) is 6.56. The van der Waals surface area contributed by atoms with Crippen molar-refractivity contribution in [1.82, 2.24) is 10.1 Å². The first kappa shape index (κ1) is 16.2. The lowest BCUT2D eigenvalue weighted by atomic mass is 9.88. The highest BCUT2D eigenvalue weighted by molar-refractivity contribution is 9.10. The first-order chi connectivity index (χ1) is 10.1. The molecule has 21 heavy (non-hydrogen) atoms. The van der Waals surface area contributed by atoms with Gasteiger partial charge in [-0.2, -0.15) is 4.98 Å². The Bertz CT molecular complexity index is 568. The SMILES string of the molecule is CC(C)C(CCN)CCc1nc(-c2cccc(Br)c2)no1. The Balaban J connectivity index is 2.00. The summed E-state index contributed by atoms with van der Waals surface area (Å²) < 4.78 is 6.37. The van der Waals surface area contributed by atoms with Gasteiger partial charge in [-0.3, -0.25) is 0 Å². The summed E-state index contributed by atoms with van der Waals surface area (Å²) in [6.45, 7) is 5.21. The molecule has 1 aromatic carbocycles. The van der Waals surface area contributed by atoms with E-state index in [1.165, 1.54) is 0 Å². The zero-order valence-corrected chi connectivity index (χ0v) is 14.1. The zero-order valence-electron chi connectivity index (χ0n) is 12.6. The van der Waals surface area contributed by atoms with Gasteiger partial charge in [0.25, 0.3) is 0 Å². The third-order valence-electron chi connectivity index (χ3n) is 3.76. The van der Waals surface area contributed by atoms with Crippen molar-refractivity contribution in [3.63, 3.8) is 0 Å². The minimum atomic E-state index is 0.608. The molecule has 0 radical (unpaired) electrons. The lowest BCUT2D eigenvalue weighted by Crippen LogP contribution is -2.15. The van der Waals surface area contributed by atoms with E-state index in [2.05, 4.69) is 39.9 Å². The fourth-order valence-corrected chi connectivity index (χ4v) is 2.83. The van der Waals surface area contributed by atoms with E-state index in [9.17, 15) is 0 Å². The van der Waals surface area contributed by atoms with E-state index in [4.69, 9.17) is 10.3 Å². The van der Waals surface area contributed by atoms with Crippen LogP contribution in [-0.4, -0.2) is 16.7 Å². The molecule has 0 aliphatic rings. The Kier molecular flexibility index (Phi) is 5.94. The summed E-state index contributed by atoms with van der Waals surface area (Å²) in [5, 5.41) is 4.06. The Labute approximate surface area is 134 Å². The Morgan fingerprint density at radius 2 is 2.10 bits per heavy atom. The fourth-order valence-electron chi connectivity index (χ4n) is 2.44. The molecular weight excluding hydrogens is 330 g/mol. The van der Waals surface area contributed by atoms with E-state index >= 15 is 0 Å². The van der Waals surface area contributed by atoms with Crippen LogP contribution in [-0.2, 0) is 6.42 Å². The number of benzene rings is 1. The highest BCUT2D eigenvalue weighted by Gasteiger charge is 2.15. The molecule has 5 heteroatoms. The lowest BCUT2D eigenvalue weighted by molar-refractivity contribution is 0.313. The number of halogens is 1. The molecule has 0 amide bonds. The van der Waals surface area contributed by atoms with E-state index < -0.39 is 0 Å². The van der Waals surface area contributed by atoms with Crippen LogP contribution in [0, 0.1) is 11.8 Å². The normalized spacial score (nSPS) is 12.8. The number of nitrogens with zero attached hydrogens (tertiary/aromatic N) is 2. The highest BCUT2D eigenvalue weighted by Crippen LogP contribution is 2.23. The number of aromatic nitrogens is 2. The first-order valence-electron chi connectivity index (χ1n) is 7.38. The van der Waals surface area contributed by atoms with Gasteiger partial charge in [-0.15, -0.1) is 0 Å². The average molecular weight is 352 g/mol. The summed E-state index contributed by atoms with van der Waals surface area (Å²) in [4.78, 5) is 4.48. The summed E-state index contributed by atoms with van der Waals surface area (Å²) in [5.74, 6) is 2.58. The second kappa shape index (κ2) is 7.71. The second-order valence-electron chi connectivity index (χ2n) is 5.64. The predicted molar refractivity (Wildman–Crippen MR) is 87.8 cm³/mol. The highest BCUT2D eigenvalue weighted by atomic mass is 79.9. The Morgan fingerprint density at radius 1 is 1.29 bits per heavy atom. The Hall–Kier alpha value is -1.20. The first-order valence-corrected chi connectivity index (χ1v) is 8.18. The van der Waals surface area contributed by atoms with Crippen molar-refractivity contribution < 1.29 is 4.52 Å². The van der Waals surface area contributed by atoms with Gasteiger partial charge in [0, 0.05) is 16.5 Å². The molecule has 0 saturated carbocycles. The maximum absolute atomic E-state index is 5.67. The van der Waals surface area contributed by atoms with Crippen LogP contribution in [0.15, 0.2) is 33.3 Å². The van der Waals surface area contributed by atoms with Crippen LogP contribution >= 0.6 is 15.9 Å². The molecule has 114 valence electrons. The molecule has 4 nitrogen and oxygen atoms in total. The smallest absolute Gasteiger partial charge is 0.226 e. The fraction of sp³-hybridized carbons (Fsp3) is 0.500. The van der Waals surface area contributed by atoms with Gasteiger partial charge in [0.1, 0.15) is 0 Å². The molecule has 0 aliphatic carbocycles. The molecule has 2 N–H and O–H groups in total. The maximum Gasteiger partial charge on any atom is 0.226 e. The molecule has 2 rings (SSSR count). The topological polar surface area (TPSA) is 64.9 Å². The number of nitrogens with two attached hydrogens (primary N) is 1. The minimum Gasteiger partial charge on any atom is -0.339 e. The standard InChI is InChI=1S/C16H22BrN3O/c1-11(2)12(8-9-18)6-7-15-19-16(20-21-15)13-4-3-5-14(17)10-13/h3-5,10-12H,6-9,18H2,1-2H3. The van der Waals surface area contributed by atoms with Gasteiger partial charge in [0.05, 0.1) is 0 Å².